The summed E-state index contributed by atoms with van der Waals surface area (Å²) in [6.07, 6.45) is 7.51. The van der Waals surface area contributed by atoms with E-state index in [0.29, 0.717) is 33.8 Å². The second-order valence-electron chi connectivity index (χ2n) is 16.6. The number of piperazine rings is 1. The number of aromatic nitrogens is 1. The van der Waals surface area contributed by atoms with Crippen LogP contribution in [0.3, 0.4) is 0 Å². The van der Waals surface area contributed by atoms with Gasteiger partial charge in [-0.2, -0.15) is 0 Å². The van der Waals surface area contributed by atoms with Crippen molar-refractivity contribution in [3.05, 3.63) is 101 Å². The first-order valence-electron chi connectivity index (χ1n) is 21.1. The number of carbonyl (C=O) groups is 5. The Balaban J connectivity index is 0.701. The molecule has 0 radical (unpaired) electrons. The maximum absolute atomic E-state index is 13.3. The summed E-state index contributed by atoms with van der Waals surface area (Å²) in [7, 11) is 0. The summed E-state index contributed by atoms with van der Waals surface area (Å²) in [5, 5.41) is 6.34. The lowest BCUT2D eigenvalue weighted by Crippen LogP contribution is -2.54. The van der Waals surface area contributed by atoms with Crippen molar-refractivity contribution in [3.8, 4) is 5.75 Å². The topological polar surface area (TPSA) is 149 Å². The second-order valence-corrected chi connectivity index (χ2v) is 16.6. The minimum atomic E-state index is -0.971. The Hall–Kier alpha value is -6.33. The van der Waals surface area contributed by atoms with E-state index in [1.807, 2.05) is 36.4 Å². The van der Waals surface area contributed by atoms with Crippen molar-refractivity contribution in [1.82, 2.24) is 25.4 Å². The van der Waals surface area contributed by atoms with E-state index in [4.69, 9.17) is 11.3 Å². The summed E-state index contributed by atoms with van der Waals surface area (Å²) in [5.74, 6) is -0.667. The average Bonchev–Trinajstić information content (AvgIpc) is 3.52. The van der Waals surface area contributed by atoms with Crippen LogP contribution in [0.4, 0.5) is 17.1 Å². The Labute approximate surface area is 348 Å². The Morgan fingerprint density at radius 3 is 2.25 bits per heavy atom. The van der Waals surface area contributed by atoms with E-state index in [1.165, 1.54) is 0 Å². The minimum Gasteiger partial charge on any atom is -0.490 e. The third kappa shape index (κ3) is 7.89. The summed E-state index contributed by atoms with van der Waals surface area (Å²) in [6.45, 7) is 13.8. The molecule has 1 aromatic heterocycles. The zero-order valence-electron chi connectivity index (χ0n) is 33.5. The van der Waals surface area contributed by atoms with Crippen LogP contribution in [-0.2, 0) is 9.59 Å². The molecule has 9 rings (SSSR count). The fraction of sp³-hybridized carbons (Fsp3) is 0.413. The van der Waals surface area contributed by atoms with E-state index >= 15 is 0 Å². The number of rotatable bonds is 9. The molecule has 1 saturated carbocycles. The molecule has 308 valence electrons. The van der Waals surface area contributed by atoms with Crippen LogP contribution in [-0.4, -0.2) is 108 Å². The molecule has 60 heavy (non-hydrogen) atoms. The minimum absolute atomic E-state index is 0.0446. The number of fused-ring (bicyclic) bond motifs is 2. The number of piperidine rings is 2. The smallest absolute Gasteiger partial charge is 0.262 e. The number of benzene rings is 3. The van der Waals surface area contributed by atoms with Crippen molar-refractivity contribution in [2.75, 3.05) is 55.6 Å². The number of nitrogens with one attached hydrogen (secondary N) is 2. The van der Waals surface area contributed by atoms with Crippen molar-refractivity contribution < 1.29 is 28.7 Å². The maximum Gasteiger partial charge on any atom is 0.262 e. The van der Waals surface area contributed by atoms with Crippen LogP contribution in [0.15, 0.2) is 72.9 Å². The third-order valence-corrected chi connectivity index (χ3v) is 12.9. The molecule has 3 aromatic carbocycles. The third-order valence-electron chi connectivity index (χ3n) is 12.9. The normalized spacial score (nSPS) is 22.7. The first-order chi connectivity index (χ1) is 29.2. The number of carbonyl (C=O) groups excluding carboxylic acids is 5. The molecule has 2 N–H and O–H groups in total. The van der Waals surface area contributed by atoms with Gasteiger partial charge >= 0.3 is 0 Å². The highest BCUT2D eigenvalue weighted by atomic mass is 16.5. The highest BCUT2D eigenvalue weighted by Crippen LogP contribution is 2.35. The molecule has 5 aliphatic rings. The summed E-state index contributed by atoms with van der Waals surface area (Å²) in [5.41, 5.74) is 4.47. The Bertz CT molecular complexity index is 2370. The summed E-state index contributed by atoms with van der Waals surface area (Å²) in [4.78, 5) is 79.9. The predicted molar refractivity (Wildman–Crippen MR) is 225 cm³/mol. The van der Waals surface area contributed by atoms with Crippen molar-refractivity contribution in [2.24, 2.45) is 5.92 Å². The van der Waals surface area contributed by atoms with E-state index in [9.17, 15) is 24.0 Å². The van der Waals surface area contributed by atoms with Gasteiger partial charge in [0.2, 0.25) is 17.5 Å². The molecule has 1 atom stereocenters. The van der Waals surface area contributed by atoms with Crippen LogP contribution in [0.1, 0.15) is 82.4 Å². The van der Waals surface area contributed by atoms with E-state index in [2.05, 4.69) is 47.3 Å². The van der Waals surface area contributed by atoms with Gasteiger partial charge in [0.15, 0.2) is 0 Å². The summed E-state index contributed by atoms with van der Waals surface area (Å²) >= 11 is 0. The fourth-order valence-electron chi connectivity index (χ4n) is 9.50. The molecule has 1 unspecified atom stereocenters. The Kier molecular flexibility index (Phi) is 10.9. The van der Waals surface area contributed by atoms with Gasteiger partial charge in [-0.15, -0.1) is 0 Å². The van der Waals surface area contributed by atoms with Gasteiger partial charge in [0.05, 0.1) is 29.3 Å². The molecule has 14 heteroatoms. The molecule has 3 saturated heterocycles. The van der Waals surface area contributed by atoms with Gasteiger partial charge in [-0.25, -0.2) is 4.85 Å². The standard InChI is InChI=1S/C46H48N8O6/c1-47-38-14-16-40(36-3-2-20-48-42(36)38)60-34-11-6-31(7-12-34)49-43(56)30-4-8-32(9-5-30)52-21-18-29(19-22-52)28-51-23-25-53(26-24-51)33-10-13-35-37(27-33)46(59)54(45(35)58)39-15-17-41(55)50-44(39)57/h2-5,8-10,13-14,16,20,27,29,31,34,39H,6-7,11-12,15,17-19,21-26,28H2,(H,49,56)(H,50,55,57). The van der Waals surface area contributed by atoms with Crippen molar-refractivity contribution in [2.45, 2.75) is 69.6 Å². The number of ether oxygens (including phenoxy) is 1. The molecule has 4 aromatic rings. The molecular formula is C46H48N8O6. The lowest BCUT2D eigenvalue weighted by atomic mass is 9.92. The predicted octanol–water partition coefficient (Wildman–Crippen LogP) is 5.35. The lowest BCUT2D eigenvalue weighted by Gasteiger charge is -2.40. The van der Waals surface area contributed by atoms with Crippen molar-refractivity contribution in [3.63, 3.8) is 0 Å². The maximum atomic E-state index is 13.3. The van der Waals surface area contributed by atoms with E-state index in [1.54, 1.807) is 24.4 Å². The van der Waals surface area contributed by atoms with Gasteiger partial charge in [-0.1, -0.05) is 6.07 Å². The van der Waals surface area contributed by atoms with Gasteiger partial charge in [0.1, 0.15) is 11.8 Å². The van der Waals surface area contributed by atoms with Crippen LogP contribution in [0.5, 0.6) is 5.75 Å². The fourth-order valence-corrected chi connectivity index (χ4v) is 9.50. The number of hydrogen-bond acceptors (Lipinski definition) is 10. The number of nitrogens with zero attached hydrogens (tertiary/aromatic N) is 6. The van der Waals surface area contributed by atoms with Crippen LogP contribution < -0.4 is 25.2 Å². The lowest BCUT2D eigenvalue weighted by molar-refractivity contribution is -0.136. The highest BCUT2D eigenvalue weighted by Gasteiger charge is 2.45. The van der Waals surface area contributed by atoms with Crippen LogP contribution in [0, 0.1) is 12.5 Å². The largest absolute Gasteiger partial charge is 0.490 e. The summed E-state index contributed by atoms with van der Waals surface area (Å²) in [6, 6.07) is 19.9. The van der Waals surface area contributed by atoms with Crippen molar-refractivity contribution in [1.29, 1.82) is 0 Å². The molecule has 5 amide bonds. The monoisotopic (exact) mass is 808 g/mol. The molecule has 1 aliphatic carbocycles. The zero-order chi connectivity index (χ0) is 41.3. The molecule has 4 aliphatic heterocycles. The molecule has 0 spiro atoms. The van der Waals surface area contributed by atoms with Gasteiger partial charge in [-0.3, -0.25) is 44.1 Å². The molecular weight excluding hydrogens is 761 g/mol. The quantitative estimate of drug-likeness (QED) is 0.168. The average molecular weight is 809 g/mol. The first kappa shape index (κ1) is 39.1. The van der Waals surface area contributed by atoms with Crippen molar-refractivity contribution >= 4 is 57.5 Å². The first-order valence-corrected chi connectivity index (χ1v) is 21.1. The molecule has 5 heterocycles. The molecule has 14 nitrogen and oxygen atoms in total. The SMILES string of the molecule is [C-]#[N+]c1ccc(OC2CCC(NC(=O)c3ccc(N4CCC(CN5CCN(c6ccc7c(c6)C(=O)N(C6CCC(=O)NC6=O)C7=O)CC5)CC4)cc3)CC2)c2cccnc12. The number of pyridine rings is 1. The van der Waals surface area contributed by atoms with Crippen LogP contribution >= 0.6 is 0 Å². The molecule has 4 fully saturated rings. The summed E-state index contributed by atoms with van der Waals surface area (Å²) < 4.78 is 6.38. The number of anilines is 2. The zero-order valence-corrected chi connectivity index (χ0v) is 33.5. The van der Waals surface area contributed by atoms with Gasteiger partial charge in [0.25, 0.3) is 17.7 Å². The van der Waals surface area contributed by atoms with E-state index in [0.717, 1.165) is 112 Å². The van der Waals surface area contributed by atoms with Gasteiger partial charge < -0.3 is 19.9 Å². The molecule has 0 bridgehead atoms. The number of hydrogen-bond donors (Lipinski definition) is 2. The van der Waals surface area contributed by atoms with Crippen LogP contribution in [0.2, 0.25) is 0 Å². The number of amides is 5. The van der Waals surface area contributed by atoms with E-state index < -0.39 is 29.7 Å². The van der Waals surface area contributed by atoms with Crippen LogP contribution in [0.25, 0.3) is 15.7 Å². The van der Waals surface area contributed by atoms with Gasteiger partial charge in [-0.05, 0) is 112 Å². The Morgan fingerprint density at radius 1 is 0.800 bits per heavy atom. The number of imide groups is 2. The Morgan fingerprint density at radius 2 is 1.52 bits per heavy atom. The second kappa shape index (κ2) is 16.7. The van der Waals surface area contributed by atoms with Gasteiger partial charge in [0, 0.05) is 86.8 Å². The highest BCUT2D eigenvalue weighted by molar-refractivity contribution is 6.23. The van der Waals surface area contributed by atoms with E-state index in [-0.39, 0.29) is 30.9 Å².